The Morgan fingerprint density at radius 1 is 0.962 bits per heavy atom. The summed E-state index contributed by atoms with van der Waals surface area (Å²) in [5.74, 6) is -1.39. The number of pyridine rings is 1. The summed E-state index contributed by atoms with van der Waals surface area (Å²) < 4.78 is 52.6. The van der Waals surface area contributed by atoms with Crippen LogP contribution >= 0.6 is 11.6 Å². The molecular formula is C20H13ClF4N. The van der Waals surface area contributed by atoms with Gasteiger partial charge in [-0.25, -0.2) is 4.39 Å². The maximum Gasteiger partial charge on any atom is 0.416 e. The maximum atomic E-state index is 13.7. The van der Waals surface area contributed by atoms with Gasteiger partial charge in [0.1, 0.15) is 5.82 Å². The van der Waals surface area contributed by atoms with Gasteiger partial charge < -0.3 is 0 Å². The van der Waals surface area contributed by atoms with Crippen molar-refractivity contribution in [2.75, 3.05) is 0 Å². The third-order valence-electron chi connectivity index (χ3n) is 3.83. The molecule has 6 heteroatoms. The predicted molar refractivity (Wildman–Crippen MR) is 92.3 cm³/mol. The van der Waals surface area contributed by atoms with E-state index in [1.165, 1.54) is 6.20 Å². The zero-order valence-electron chi connectivity index (χ0n) is 13.3. The van der Waals surface area contributed by atoms with Gasteiger partial charge in [0.05, 0.1) is 10.6 Å². The first-order valence-electron chi connectivity index (χ1n) is 7.72. The van der Waals surface area contributed by atoms with Crippen LogP contribution in [-0.4, -0.2) is 4.98 Å². The number of nitrogens with zero attached hydrogens (tertiary/aromatic N) is 1. The van der Waals surface area contributed by atoms with Gasteiger partial charge in [0.2, 0.25) is 0 Å². The fraction of sp³-hybridized carbons (Fsp3) is 0.100. The molecule has 0 amide bonds. The summed E-state index contributed by atoms with van der Waals surface area (Å²) in [6.07, 6.45) is -1.59. The summed E-state index contributed by atoms with van der Waals surface area (Å²) in [6, 6.07) is 15.0. The number of hydrogen-bond donors (Lipinski definition) is 0. The molecule has 26 heavy (non-hydrogen) atoms. The van der Waals surface area contributed by atoms with Crippen molar-refractivity contribution in [1.82, 2.24) is 4.98 Å². The Morgan fingerprint density at radius 2 is 1.69 bits per heavy atom. The van der Waals surface area contributed by atoms with Crippen LogP contribution < -0.4 is 0 Å². The van der Waals surface area contributed by atoms with Crippen molar-refractivity contribution in [2.24, 2.45) is 0 Å². The molecule has 0 aliphatic heterocycles. The summed E-state index contributed by atoms with van der Waals surface area (Å²) in [5.41, 5.74) is 0.515. The number of rotatable bonds is 4. The molecular weight excluding hydrogens is 366 g/mol. The monoisotopic (exact) mass is 378 g/mol. The molecule has 0 saturated heterocycles. The Bertz CT molecular complexity index is 877. The fourth-order valence-corrected chi connectivity index (χ4v) is 2.76. The van der Waals surface area contributed by atoms with Crippen molar-refractivity contribution in [2.45, 2.75) is 12.1 Å². The molecule has 0 N–H and O–H groups in total. The van der Waals surface area contributed by atoms with Crippen LogP contribution in [0.3, 0.4) is 0 Å². The number of hydrogen-bond acceptors (Lipinski definition) is 1. The second-order valence-electron chi connectivity index (χ2n) is 5.73. The van der Waals surface area contributed by atoms with Crippen LogP contribution in [0.15, 0.2) is 66.9 Å². The highest BCUT2D eigenvalue weighted by atomic mass is 35.5. The van der Waals surface area contributed by atoms with Gasteiger partial charge in [-0.2, -0.15) is 13.2 Å². The number of alkyl halides is 3. The molecule has 133 valence electrons. The lowest BCUT2D eigenvalue weighted by Gasteiger charge is -2.18. The Kier molecular flexibility index (Phi) is 5.28. The van der Waals surface area contributed by atoms with Crippen LogP contribution in [0.2, 0.25) is 5.02 Å². The molecule has 0 aliphatic rings. The second-order valence-corrected chi connectivity index (χ2v) is 6.16. The van der Waals surface area contributed by atoms with E-state index < -0.39 is 23.5 Å². The molecule has 1 aromatic heterocycles. The molecule has 1 nitrogen and oxygen atoms in total. The fourth-order valence-electron chi connectivity index (χ4n) is 2.65. The first-order valence-corrected chi connectivity index (χ1v) is 8.10. The quantitative estimate of drug-likeness (QED) is 0.487. The Hall–Kier alpha value is -2.40. The van der Waals surface area contributed by atoms with Crippen molar-refractivity contribution in [3.8, 4) is 0 Å². The summed E-state index contributed by atoms with van der Waals surface area (Å²) >= 11 is 5.87. The average molecular weight is 379 g/mol. The van der Waals surface area contributed by atoms with E-state index in [4.69, 9.17) is 11.6 Å². The minimum absolute atomic E-state index is 0.128. The third kappa shape index (κ3) is 4.41. The zero-order chi connectivity index (χ0) is 18.7. The van der Waals surface area contributed by atoms with E-state index in [1.807, 2.05) is 30.3 Å². The lowest BCUT2D eigenvalue weighted by molar-refractivity contribution is -0.137. The van der Waals surface area contributed by atoms with Gasteiger partial charge in [0, 0.05) is 24.2 Å². The normalized spacial score (nSPS) is 12.8. The smallest absolute Gasteiger partial charge is 0.259 e. The van der Waals surface area contributed by atoms with Gasteiger partial charge in [0.15, 0.2) is 0 Å². The van der Waals surface area contributed by atoms with Crippen LogP contribution in [0, 0.1) is 12.2 Å². The third-order valence-corrected chi connectivity index (χ3v) is 4.06. The van der Waals surface area contributed by atoms with E-state index in [1.54, 1.807) is 18.6 Å². The van der Waals surface area contributed by atoms with Gasteiger partial charge in [-0.1, -0.05) is 41.9 Å². The number of aromatic nitrogens is 1. The molecule has 1 heterocycles. The molecule has 3 rings (SSSR count). The van der Waals surface area contributed by atoms with Crippen LogP contribution in [-0.2, 0) is 6.18 Å². The van der Waals surface area contributed by atoms with Crippen molar-refractivity contribution < 1.29 is 17.6 Å². The highest BCUT2D eigenvalue weighted by Gasteiger charge is 2.31. The zero-order valence-corrected chi connectivity index (χ0v) is 14.1. The highest BCUT2D eigenvalue weighted by molar-refractivity contribution is 6.30. The van der Waals surface area contributed by atoms with Crippen LogP contribution in [0.1, 0.15) is 28.3 Å². The topological polar surface area (TPSA) is 12.9 Å². The summed E-state index contributed by atoms with van der Waals surface area (Å²) in [5, 5.41) is 0.450. The van der Waals surface area contributed by atoms with E-state index in [2.05, 4.69) is 4.98 Å². The van der Waals surface area contributed by atoms with E-state index >= 15 is 0 Å². The predicted octanol–water partition coefficient (Wildman–Crippen LogP) is 6.28. The van der Waals surface area contributed by atoms with Gasteiger partial charge in [-0.15, -0.1) is 0 Å². The van der Waals surface area contributed by atoms with E-state index in [9.17, 15) is 17.6 Å². The minimum Gasteiger partial charge on any atom is -0.259 e. The highest BCUT2D eigenvalue weighted by Crippen LogP contribution is 2.34. The van der Waals surface area contributed by atoms with Crippen LogP contribution in [0.25, 0.3) is 0 Å². The number of halogens is 5. The van der Waals surface area contributed by atoms with E-state index in [0.717, 1.165) is 17.7 Å². The Balaban J connectivity index is 2.01. The van der Waals surface area contributed by atoms with Gasteiger partial charge >= 0.3 is 6.18 Å². The lowest BCUT2D eigenvalue weighted by atomic mass is 9.88. The molecule has 0 aliphatic carbocycles. The van der Waals surface area contributed by atoms with E-state index in [0.29, 0.717) is 16.8 Å². The standard InChI is InChI=1S/C20H13ClF4N/c21-16-6-7-19(26-12-16)18(14-4-2-1-3-5-14)10-13-8-15(20(23,24)25)11-17(22)9-13/h1-12,18H. The molecule has 1 atom stereocenters. The van der Waals surface area contributed by atoms with Gasteiger partial charge in [0.25, 0.3) is 0 Å². The SMILES string of the molecule is Fc1cc([CH]C(c2ccccc2)c2ccc(Cl)cn2)cc(C(F)(F)F)c1. The van der Waals surface area contributed by atoms with Crippen LogP contribution in [0.4, 0.5) is 17.6 Å². The maximum absolute atomic E-state index is 13.7. The largest absolute Gasteiger partial charge is 0.416 e. The van der Waals surface area contributed by atoms with Gasteiger partial charge in [-0.05, 0) is 41.5 Å². The van der Waals surface area contributed by atoms with Gasteiger partial charge in [-0.3, -0.25) is 4.98 Å². The molecule has 0 bridgehead atoms. The van der Waals surface area contributed by atoms with E-state index in [-0.39, 0.29) is 5.56 Å². The summed E-state index contributed by atoms with van der Waals surface area (Å²) in [4.78, 5) is 4.27. The summed E-state index contributed by atoms with van der Waals surface area (Å²) in [7, 11) is 0. The first-order chi connectivity index (χ1) is 12.3. The van der Waals surface area contributed by atoms with Crippen molar-refractivity contribution in [1.29, 1.82) is 0 Å². The first kappa shape index (κ1) is 18.4. The Labute approximate surface area is 153 Å². The van der Waals surface area contributed by atoms with Crippen molar-refractivity contribution in [3.05, 3.63) is 107 Å². The lowest BCUT2D eigenvalue weighted by Crippen LogP contribution is -2.09. The molecule has 3 aromatic rings. The van der Waals surface area contributed by atoms with Crippen molar-refractivity contribution in [3.63, 3.8) is 0 Å². The van der Waals surface area contributed by atoms with Crippen LogP contribution in [0.5, 0.6) is 0 Å². The van der Waals surface area contributed by atoms with Crippen molar-refractivity contribution >= 4 is 11.6 Å². The molecule has 0 spiro atoms. The number of benzene rings is 2. The minimum atomic E-state index is -4.62. The molecule has 1 unspecified atom stereocenters. The molecule has 1 radical (unpaired) electrons. The Morgan fingerprint density at radius 3 is 2.31 bits per heavy atom. The molecule has 0 saturated carbocycles. The second kappa shape index (κ2) is 7.46. The molecule has 2 aromatic carbocycles. The average Bonchev–Trinajstić information content (AvgIpc) is 2.60. The molecule has 0 fully saturated rings. The summed E-state index contributed by atoms with van der Waals surface area (Å²) in [6.45, 7) is 0.